The van der Waals surface area contributed by atoms with E-state index in [0.717, 1.165) is 10.6 Å². The molecule has 0 radical (unpaired) electrons. The molecule has 0 heterocycles. The van der Waals surface area contributed by atoms with E-state index in [1.54, 1.807) is 24.3 Å². The quantitative estimate of drug-likeness (QED) is 0.708. The van der Waals surface area contributed by atoms with Gasteiger partial charge in [-0.2, -0.15) is 4.31 Å². The van der Waals surface area contributed by atoms with Crippen LogP contribution in [-0.4, -0.2) is 38.0 Å². The standard InChI is InChI=1S/C19H22F2N2O3S/c1-27(25,26)23(14-16-7-3-5-9-18(16)21)13-11-19(24)22-12-10-15-6-2-4-8-17(15)20/h2-9H,10-14H2,1H3,(H,22,24). The van der Waals surface area contributed by atoms with Crippen LogP contribution in [0.1, 0.15) is 17.5 Å². The van der Waals surface area contributed by atoms with Crippen molar-refractivity contribution in [3.63, 3.8) is 0 Å². The van der Waals surface area contributed by atoms with Gasteiger partial charge in [0.1, 0.15) is 11.6 Å². The summed E-state index contributed by atoms with van der Waals surface area (Å²) in [5, 5.41) is 2.64. The summed E-state index contributed by atoms with van der Waals surface area (Å²) in [6.45, 7) is 0.0265. The predicted molar refractivity (Wildman–Crippen MR) is 99.4 cm³/mol. The first-order chi connectivity index (χ1) is 12.8. The average molecular weight is 396 g/mol. The van der Waals surface area contributed by atoms with E-state index in [1.807, 2.05) is 0 Å². The highest BCUT2D eigenvalue weighted by Gasteiger charge is 2.19. The van der Waals surface area contributed by atoms with Gasteiger partial charge in [0.15, 0.2) is 0 Å². The summed E-state index contributed by atoms with van der Waals surface area (Å²) in [5.41, 5.74) is 0.734. The number of carbonyl (C=O) groups is 1. The monoisotopic (exact) mass is 396 g/mol. The fourth-order valence-corrected chi connectivity index (χ4v) is 3.33. The third-order valence-electron chi connectivity index (χ3n) is 4.04. The smallest absolute Gasteiger partial charge is 0.221 e. The van der Waals surface area contributed by atoms with Crippen molar-refractivity contribution in [3.05, 3.63) is 71.3 Å². The molecule has 0 bridgehead atoms. The minimum atomic E-state index is -3.61. The number of halogens is 2. The van der Waals surface area contributed by atoms with Crippen molar-refractivity contribution in [2.45, 2.75) is 19.4 Å². The third-order valence-corrected chi connectivity index (χ3v) is 5.29. The van der Waals surface area contributed by atoms with Crippen molar-refractivity contribution in [2.24, 2.45) is 0 Å². The first-order valence-electron chi connectivity index (χ1n) is 8.46. The Kier molecular flexibility index (Phi) is 7.44. The van der Waals surface area contributed by atoms with E-state index < -0.39 is 15.8 Å². The van der Waals surface area contributed by atoms with Crippen molar-refractivity contribution >= 4 is 15.9 Å². The highest BCUT2D eigenvalue weighted by molar-refractivity contribution is 7.88. The van der Waals surface area contributed by atoms with E-state index in [0.29, 0.717) is 12.0 Å². The summed E-state index contributed by atoms with van der Waals surface area (Å²) < 4.78 is 52.2. The van der Waals surface area contributed by atoms with Crippen molar-refractivity contribution in [2.75, 3.05) is 19.3 Å². The maximum absolute atomic E-state index is 13.8. The maximum Gasteiger partial charge on any atom is 0.221 e. The molecule has 2 aromatic rings. The molecule has 0 aliphatic rings. The minimum Gasteiger partial charge on any atom is -0.356 e. The molecule has 0 aliphatic heterocycles. The molecule has 0 aromatic heterocycles. The minimum absolute atomic E-state index is 0.0706. The fraction of sp³-hybridized carbons (Fsp3) is 0.316. The lowest BCUT2D eigenvalue weighted by Crippen LogP contribution is -2.35. The lowest BCUT2D eigenvalue weighted by molar-refractivity contribution is -0.121. The molecule has 2 rings (SSSR count). The number of benzene rings is 2. The summed E-state index contributed by atoms with van der Waals surface area (Å²) in [4.78, 5) is 12.0. The summed E-state index contributed by atoms with van der Waals surface area (Å²) in [5.74, 6) is -1.19. The zero-order valence-corrected chi connectivity index (χ0v) is 15.8. The predicted octanol–water partition coefficient (Wildman–Crippen LogP) is 2.48. The number of nitrogens with zero attached hydrogens (tertiary/aromatic N) is 1. The zero-order chi connectivity index (χ0) is 19.9. The molecule has 0 unspecified atom stereocenters. The van der Waals surface area contributed by atoms with Crippen LogP contribution in [0, 0.1) is 11.6 Å². The van der Waals surface area contributed by atoms with Gasteiger partial charge in [-0.15, -0.1) is 0 Å². The molecular formula is C19H22F2N2O3S. The molecule has 1 amide bonds. The van der Waals surface area contributed by atoms with Crippen molar-refractivity contribution in [1.82, 2.24) is 9.62 Å². The Hall–Kier alpha value is -2.32. The number of sulfonamides is 1. The Morgan fingerprint density at radius 2 is 1.56 bits per heavy atom. The fourth-order valence-electron chi connectivity index (χ4n) is 2.53. The second kappa shape index (κ2) is 9.57. The second-order valence-corrected chi connectivity index (χ2v) is 8.11. The van der Waals surface area contributed by atoms with E-state index >= 15 is 0 Å². The van der Waals surface area contributed by atoms with Crippen LogP contribution >= 0.6 is 0 Å². The number of nitrogens with one attached hydrogen (secondary N) is 1. The molecule has 0 aliphatic carbocycles. The average Bonchev–Trinajstić information content (AvgIpc) is 2.60. The SMILES string of the molecule is CS(=O)(=O)N(CCC(=O)NCCc1ccccc1F)Cc1ccccc1F. The van der Waals surface area contributed by atoms with Crippen LogP contribution < -0.4 is 5.32 Å². The van der Waals surface area contributed by atoms with Crippen LogP contribution in [0.4, 0.5) is 8.78 Å². The van der Waals surface area contributed by atoms with Crippen molar-refractivity contribution in [3.8, 4) is 0 Å². The highest BCUT2D eigenvalue weighted by atomic mass is 32.2. The lowest BCUT2D eigenvalue weighted by atomic mass is 10.1. The summed E-state index contributed by atoms with van der Waals surface area (Å²) in [6.07, 6.45) is 1.28. The Labute approximate surface area is 158 Å². The number of hydrogen-bond donors (Lipinski definition) is 1. The van der Waals surface area contributed by atoms with Gasteiger partial charge in [0.25, 0.3) is 0 Å². The molecular weight excluding hydrogens is 374 g/mol. The Balaban J connectivity index is 1.86. The molecule has 146 valence electrons. The van der Waals surface area contributed by atoms with E-state index in [2.05, 4.69) is 5.32 Å². The van der Waals surface area contributed by atoms with Gasteiger partial charge >= 0.3 is 0 Å². The number of rotatable bonds is 9. The largest absolute Gasteiger partial charge is 0.356 e. The summed E-state index contributed by atoms with van der Waals surface area (Å²) >= 11 is 0. The molecule has 0 spiro atoms. The first-order valence-corrected chi connectivity index (χ1v) is 10.3. The molecule has 0 saturated heterocycles. The zero-order valence-electron chi connectivity index (χ0n) is 15.0. The van der Waals surface area contributed by atoms with E-state index in [1.165, 1.54) is 24.3 Å². The van der Waals surface area contributed by atoms with Crippen molar-refractivity contribution < 1.29 is 22.0 Å². The molecule has 2 aromatic carbocycles. The maximum atomic E-state index is 13.8. The molecule has 5 nitrogen and oxygen atoms in total. The van der Waals surface area contributed by atoms with Gasteiger partial charge in [-0.05, 0) is 24.1 Å². The lowest BCUT2D eigenvalue weighted by Gasteiger charge is -2.20. The topological polar surface area (TPSA) is 66.5 Å². The van der Waals surface area contributed by atoms with Crippen LogP contribution in [0.3, 0.4) is 0 Å². The molecule has 0 atom stereocenters. The Bertz CT molecular complexity index is 888. The van der Waals surface area contributed by atoms with Crippen LogP contribution in [-0.2, 0) is 27.8 Å². The normalized spacial score (nSPS) is 11.6. The van der Waals surface area contributed by atoms with Gasteiger partial charge in [0, 0.05) is 31.6 Å². The third kappa shape index (κ3) is 6.73. The van der Waals surface area contributed by atoms with Crippen LogP contribution in [0.15, 0.2) is 48.5 Å². The van der Waals surface area contributed by atoms with Crippen LogP contribution in [0.25, 0.3) is 0 Å². The van der Waals surface area contributed by atoms with Gasteiger partial charge < -0.3 is 5.32 Å². The van der Waals surface area contributed by atoms with Gasteiger partial charge in [-0.1, -0.05) is 36.4 Å². The molecule has 8 heteroatoms. The first kappa shape index (κ1) is 21.0. The number of amides is 1. The number of hydrogen-bond acceptors (Lipinski definition) is 3. The number of carbonyl (C=O) groups excluding carboxylic acids is 1. The Morgan fingerprint density at radius 1 is 1.00 bits per heavy atom. The molecule has 1 N–H and O–H groups in total. The van der Waals surface area contributed by atoms with Crippen LogP contribution in [0.5, 0.6) is 0 Å². The second-order valence-electron chi connectivity index (χ2n) is 6.13. The van der Waals surface area contributed by atoms with Crippen LogP contribution in [0.2, 0.25) is 0 Å². The van der Waals surface area contributed by atoms with E-state index in [-0.39, 0.29) is 43.3 Å². The molecule has 0 saturated carbocycles. The van der Waals surface area contributed by atoms with E-state index in [4.69, 9.17) is 0 Å². The van der Waals surface area contributed by atoms with Gasteiger partial charge in [-0.3, -0.25) is 4.79 Å². The van der Waals surface area contributed by atoms with Gasteiger partial charge in [0.05, 0.1) is 6.26 Å². The molecule has 27 heavy (non-hydrogen) atoms. The van der Waals surface area contributed by atoms with Gasteiger partial charge in [-0.25, -0.2) is 17.2 Å². The summed E-state index contributed by atoms with van der Waals surface area (Å²) in [7, 11) is -3.61. The summed E-state index contributed by atoms with van der Waals surface area (Å²) in [6, 6.07) is 12.2. The van der Waals surface area contributed by atoms with Gasteiger partial charge in [0.2, 0.25) is 15.9 Å². The molecule has 0 fully saturated rings. The Morgan fingerprint density at radius 3 is 2.11 bits per heavy atom. The van der Waals surface area contributed by atoms with Crippen molar-refractivity contribution in [1.29, 1.82) is 0 Å². The highest BCUT2D eigenvalue weighted by Crippen LogP contribution is 2.13. The van der Waals surface area contributed by atoms with E-state index in [9.17, 15) is 22.0 Å².